The number of rotatable bonds is 3. The number of aryl methyl sites for hydroxylation is 3. The second-order valence-corrected chi connectivity index (χ2v) is 4.95. The van der Waals surface area contributed by atoms with E-state index in [2.05, 4.69) is 62.8 Å². The van der Waals surface area contributed by atoms with Crippen molar-refractivity contribution in [1.29, 1.82) is 0 Å². The molecular weight excluding hydrogens is 278 g/mol. The van der Waals surface area contributed by atoms with Crippen molar-refractivity contribution >= 4 is 27.6 Å². The minimum Gasteiger partial charge on any atom is -0.325 e. The van der Waals surface area contributed by atoms with Crippen LogP contribution in [-0.4, -0.2) is 9.55 Å². The summed E-state index contributed by atoms with van der Waals surface area (Å²) in [7, 11) is 0. The molecule has 90 valence electrons. The van der Waals surface area contributed by atoms with E-state index in [1.54, 1.807) is 0 Å². The molecule has 0 aliphatic heterocycles. The first kappa shape index (κ1) is 12.2. The zero-order chi connectivity index (χ0) is 12.4. The normalized spacial score (nSPS) is 10.6. The molecule has 1 heterocycles. The SMILES string of the molecule is CCn1cc(C)nc1Nc1ccc(C)cc1Br. The lowest BCUT2D eigenvalue weighted by atomic mass is 10.2. The number of imidazole rings is 1. The summed E-state index contributed by atoms with van der Waals surface area (Å²) in [6.07, 6.45) is 2.05. The predicted molar refractivity (Wildman–Crippen MR) is 74.8 cm³/mol. The maximum Gasteiger partial charge on any atom is 0.207 e. The number of anilines is 2. The topological polar surface area (TPSA) is 29.9 Å². The lowest BCUT2D eigenvalue weighted by molar-refractivity contribution is 0.771. The fraction of sp³-hybridized carbons (Fsp3) is 0.308. The molecule has 2 aromatic rings. The number of hydrogen-bond acceptors (Lipinski definition) is 2. The van der Waals surface area contributed by atoms with Crippen molar-refractivity contribution in [3.05, 3.63) is 40.1 Å². The van der Waals surface area contributed by atoms with E-state index < -0.39 is 0 Å². The van der Waals surface area contributed by atoms with Crippen molar-refractivity contribution in [2.75, 3.05) is 5.32 Å². The molecule has 17 heavy (non-hydrogen) atoms. The van der Waals surface area contributed by atoms with Gasteiger partial charge in [-0.1, -0.05) is 6.07 Å². The van der Waals surface area contributed by atoms with Gasteiger partial charge in [0, 0.05) is 17.2 Å². The van der Waals surface area contributed by atoms with Crippen molar-refractivity contribution in [2.45, 2.75) is 27.3 Å². The minimum atomic E-state index is 0.884. The smallest absolute Gasteiger partial charge is 0.207 e. The van der Waals surface area contributed by atoms with E-state index in [0.717, 1.165) is 28.3 Å². The van der Waals surface area contributed by atoms with Crippen LogP contribution < -0.4 is 5.32 Å². The summed E-state index contributed by atoms with van der Waals surface area (Å²) < 4.78 is 3.16. The number of halogens is 1. The average Bonchev–Trinajstić information content (AvgIpc) is 2.63. The van der Waals surface area contributed by atoms with E-state index in [0.29, 0.717) is 0 Å². The summed E-state index contributed by atoms with van der Waals surface area (Å²) in [6, 6.07) is 6.23. The third-order valence-corrected chi connectivity index (χ3v) is 3.26. The van der Waals surface area contributed by atoms with Gasteiger partial charge in [0.05, 0.1) is 11.4 Å². The molecular formula is C13H16BrN3. The summed E-state index contributed by atoms with van der Waals surface area (Å²) in [5, 5.41) is 3.34. The summed E-state index contributed by atoms with van der Waals surface area (Å²) in [5.74, 6) is 0.884. The first-order chi connectivity index (χ1) is 8.10. The molecule has 0 amide bonds. The van der Waals surface area contributed by atoms with Crippen LogP contribution >= 0.6 is 15.9 Å². The molecule has 0 spiro atoms. The van der Waals surface area contributed by atoms with Gasteiger partial charge in [0.1, 0.15) is 0 Å². The zero-order valence-electron chi connectivity index (χ0n) is 10.3. The number of aromatic nitrogens is 2. The summed E-state index contributed by atoms with van der Waals surface area (Å²) in [6.45, 7) is 7.09. The van der Waals surface area contributed by atoms with Crippen LogP contribution in [0, 0.1) is 13.8 Å². The first-order valence-electron chi connectivity index (χ1n) is 5.67. The number of nitrogens with one attached hydrogen (secondary N) is 1. The van der Waals surface area contributed by atoms with Crippen molar-refractivity contribution in [1.82, 2.24) is 9.55 Å². The Labute approximate surface area is 110 Å². The first-order valence-corrected chi connectivity index (χ1v) is 6.46. The Bertz CT molecular complexity index is 531. The van der Waals surface area contributed by atoms with Crippen molar-refractivity contribution in [2.24, 2.45) is 0 Å². The maximum absolute atomic E-state index is 4.47. The molecule has 4 heteroatoms. The highest BCUT2D eigenvalue weighted by atomic mass is 79.9. The van der Waals surface area contributed by atoms with Gasteiger partial charge in [-0.05, 0) is 54.4 Å². The summed E-state index contributed by atoms with van der Waals surface area (Å²) in [4.78, 5) is 4.47. The van der Waals surface area contributed by atoms with Gasteiger partial charge in [-0.2, -0.15) is 0 Å². The molecule has 3 nitrogen and oxygen atoms in total. The molecule has 0 saturated carbocycles. The van der Waals surface area contributed by atoms with Gasteiger partial charge >= 0.3 is 0 Å². The maximum atomic E-state index is 4.47. The molecule has 0 saturated heterocycles. The average molecular weight is 294 g/mol. The van der Waals surface area contributed by atoms with E-state index in [4.69, 9.17) is 0 Å². The van der Waals surface area contributed by atoms with Crippen LogP contribution in [0.15, 0.2) is 28.9 Å². The lowest BCUT2D eigenvalue weighted by Crippen LogP contribution is -2.01. The predicted octanol–water partition coefficient (Wildman–Crippen LogP) is 4.03. The Morgan fingerprint density at radius 1 is 1.35 bits per heavy atom. The van der Waals surface area contributed by atoms with Crippen molar-refractivity contribution in [3.8, 4) is 0 Å². The third kappa shape index (κ3) is 2.69. The largest absolute Gasteiger partial charge is 0.325 e. The second-order valence-electron chi connectivity index (χ2n) is 4.10. The Hall–Kier alpha value is -1.29. The summed E-state index contributed by atoms with van der Waals surface area (Å²) >= 11 is 3.56. The second kappa shape index (κ2) is 4.92. The van der Waals surface area contributed by atoms with E-state index in [9.17, 15) is 0 Å². The van der Waals surface area contributed by atoms with Gasteiger partial charge < -0.3 is 9.88 Å². The summed E-state index contributed by atoms with van der Waals surface area (Å²) in [5.41, 5.74) is 3.30. The molecule has 0 unspecified atom stereocenters. The fourth-order valence-electron chi connectivity index (χ4n) is 1.73. The quantitative estimate of drug-likeness (QED) is 0.926. The van der Waals surface area contributed by atoms with Gasteiger partial charge in [-0.15, -0.1) is 0 Å². The Kier molecular flexibility index (Phi) is 3.52. The van der Waals surface area contributed by atoms with Gasteiger partial charge in [0.15, 0.2) is 0 Å². The molecule has 0 bridgehead atoms. The molecule has 0 fully saturated rings. The third-order valence-electron chi connectivity index (χ3n) is 2.61. The van der Waals surface area contributed by atoms with Gasteiger partial charge in [-0.3, -0.25) is 0 Å². The van der Waals surface area contributed by atoms with E-state index >= 15 is 0 Å². The highest BCUT2D eigenvalue weighted by Gasteiger charge is 2.06. The van der Waals surface area contributed by atoms with Gasteiger partial charge in [0.2, 0.25) is 5.95 Å². The number of nitrogens with zero attached hydrogens (tertiary/aromatic N) is 2. The lowest BCUT2D eigenvalue weighted by Gasteiger charge is -2.09. The van der Waals surface area contributed by atoms with Crippen LogP contribution in [0.25, 0.3) is 0 Å². The molecule has 0 aliphatic carbocycles. The zero-order valence-corrected chi connectivity index (χ0v) is 11.9. The van der Waals surface area contributed by atoms with Crippen LogP contribution in [0.2, 0.25) is 0 Å². The minimum absolute atomic E-state index is 0.884. The standard InChI is InChI=1S/C13H16BrN3/c1-4-17-8-10(3)15-13(17)16-12-6-5-9(2)7-11(12)14/h5-8H,4H2,1-3H3,(H,15,16). The fourth-order valence-corrected chi connectivity index (χ4v) is 2.32. The Morgan fingerprint density at radius 3 is 2.76 bits per heavy atom. The number of benzene rings is 1. The highest BCUT2D eigenvalue weighted by Crippen LogP contribution is 2.26. The monoisotopic (exact) mass is 293 g/mol. The molecule has 1 aromatic heterocycles. The Morgan fingerprint density at radius 2 is 2.12 bits per heavy atom. The molecule has 0 atom stereocenters. The van der Waals surface area contributed by atoms with Crippen molar-refractivity contribution in [3.63, 3.8) is 0 Å². The van der Waals surface area contributed by atoms with Crippen LogP contribution in [-0.2, 0) is 6.54 Å². The highest BCUT2D eigenvalue weighted by molar-refractivity contribution is 9.10. The van der Waals surface area contributed by atoms with E-state index in [-0.39, 0.29) is 0 Å². The van der Waals surface area contributed by atoms with Crippen LogP contribution in [0.3, 0.4) is 0 Å². The Balaban J connectivity index is 2.30. The van der Waals surface area contributed by atoms with Crippen molar-refractivity contribution < 1.29 is 0 Å². The van der Waals surface area contributed by atoms with Crippen LogP contribution in [0.1, 0.15) is 18.2 Å². The van der Waals surface area contributed by atoms with E-state index in [1.165, 1.54) is 5.56 Å². The van der Waals surface area contributed by atoms with Gasteiger partial charge in [0.25, 0.3) is 0 Å². The number of hydrogen-bond donors (Lipinski definition) is 1. The molecule has 1 aromatic carbocycles. The van der Waals surface area contributed by atoms with Crippen LogP contribution in [0.4, 0.5) is 11.6 Å². The molecule has 0 radical (unpaired) electrons. The van der Waals surface area contributed by atoms with Crippen LogP contribution in [0.5, 0.6) is 0 Å². The van der Waals surface area contributed by atoms with E-state index in [1.807, 2.05) is 13.1 Å². The molecule has 2 rings (SSSR count). The van der Waals surface area contributed by atoms with Gasteiger partial charge in [-0.25, -0.2) is 4.98 Å². The molecule has 1 N–H and O–H groups in total. The molecule has 0 aliphatic rings.